The molecule has 1 unspecified atom stereocenters. The molecule has 0 radical (unpaired) electrons. The number of hydrogen-bond acceptors (Lipinski definition) is 5. The number of nitrogens with two attached hydrogens (primary N) is 1. The van der Waals surface area contributed by atoms with Gasteiger partial charge in [-0.2, -0.15) is 5.10 Å². The van der Waals surface area contributed by atoms with Crippen LogP contribution < -0.4 is 10.5 Å². The number of carbonyl (C=O) groups excluding carboxylic acids is 1. The van der Waals surface area contributed by atoms with Gasteiger partial charge in [0.2, 0.25) is 10.0 Å². The summed E-state index contributed by atoms with van der Waals surface area (Å²) >= 11 is 1.34. The molecule has 0 aliphatic carbocycles. The molecule has 4 rings (SSSR count). The molecule has 0 aliphatic rings. The summed E-state index contributed by atoms with van der Waals surface area (Å²) in [6.45, 7) is 4.17. The number of amides is 1. The van der Waals surface area contributed by atoms with E-state index in [4.69, 9.17) is 5.14 Å². The van der Waals surface area contributed by atoms with Gasteiger partial charge in [0.1, 0.15) is 10.6 Å². The summed E-state index contributed by atoms with van der Waals surface area (Å²) in [7, 11) is -3.77. The maximum atomic E-state index is 13.2. The Morgan fingerprint density at radius 2 is 1.84 bits per heavy atom. The van der Waals surface area contributed by atoms with Crippen molar-refractivity contribution in [1.29, 1.82) is 0 Å². The molecular formula is C22H21FN4O3S2. The Hall–Kier alpha value is -3.08. The van der Waals surface area contributed by atoms with Crippen LogP contribution in [0.4, 0.5) is 4.39 Å². The van der Waals surface area contributed by atoms with E-state index in [2.05, 4.69) is 10.4 Å². The number of fused-ring (bicyclic) bond motifs is 1. The average Bonchev–Trinajstić information content (AvgIpc) is 3.30. The van der Waals surface area contributed by atoms with Crippen molar-refractivity contribution in [2.75, 3.05) is 0 Å². The van der Waals surface area contributed by atoms with Gasteiger partial charge in [-0.15, -0.1) is 11.3 Å². The third-order valence-corrected chi connectivity index (χ3v) is 7.21. The molecule has 1 amide bonds. The highest BCUT2D eigenvalue weighted by Gasteiger charge is 2.19. The number of rotatable bonds is 6. The van der Waals surface area contributed by atoms with Gasteiger partial charge in [-0.3, -0.25) is 9.48 Å². The summed E-state index contributed by atoms with van der Waals surface area (Å²) in [4.78, 5) is 14.3. The van der Waals surface area contributed by atoms with Crippen LogP contribution in [0.3, 0.4) is 0 Å². The smallest absolute Gasteiger partial charge is 0.261 e. The molecule has 32 heavy (non-hydrogen) atoms. The van der Waals surface area contributed by atoms with Crippen molar-refractivity contribution in [3.05, 3.63) is 82.1 Å². The standard InChI is InChI=1S/C22H21FN4O3S2/c1-13(16-5-9-18(10-6-16)32(24,29)30)25-21(28)20-11-19-14(2)26-27(22(19)31-20)12-15-3-7-17(23)8-4-15/h3-11,13H,12H2,1-2H3,(H,25,28)(H2,24,29,30). The van der Waals surface area contributed by atoms with Crippen LogP contribution in [0.1, 0.15) is 39.5 Å². The zero-order valence-electron chi connectivity index (χ0n) is 17.4. The van der Waals surface area contributed by atoms with Crippen molar-refractivity contribution in [3.8, 4) is 0 Å². The van der Waals surface area contributed by atoms with Crippen molar-refractivity contribution in [2.45, 2.75) is 31.3 Å². The fourth-order valence-electron chi connectivity index (χ4n) is 3.39. The van der Waals surface area contributed by atoms with Crippen molar-refractivity contribution >= 4 is 37.5 Å². The van der Waals surface area contributed by atoms with Crippen LogP contribution in [0.25, 0.3) is 10.2 Å². The van der Waals surface area contributed by atoms with Gasteiger partial charge in [0.25, 0.3) is 5.91 Å². The molecule has 7 nitrogen and oxygen atoms in total. The summed E-state index contributed by atoms with van der Waals surface area (Å²) in [5.74, 6) is -0.527. The lowest BCUT2D eigenvalue weighted by Gasteiger charge is -2.14. The van der Waals surface area contributed by atoms with E-state index in [-0.39, 0.29) is 22.7 Å². The van der Waals surface area contributed by atoms with E-state index in [0.717, 1.165) is 27.0 Å². The minimum absolute atomic E-state index is 0.0190. The second-order valence-corrected chi connectivity index (χ2v) is 10.1. The minimum atomic E-state index is -3.77. The zero-order chi connectivity index (χ0) is 23.0. The molecule has 4 aromatic rings. The molecule has 0 saturated heterocycles. The summed E-state index contributed by atoms with van der Waals surface area (Å²) in [6, 6.07) is 13.8. The molecule has 0 fully saturated rings. The predicted octanol–water partition coefficient (Wildman–Crippen LogP) is 3.73. The molecular weight excluding hydrogens is 451 g/mol. The van der Waals surface area contributed by atoms with Gasteiger partial charge in [-0.1, -0.05) is 24.3 Å². The van der Waals surface area contributed by atoms with Gasteiger partial charge < -0.3 is 5.32 Å². The lowest BCUT2D eigenvalue weighted by atomic mass is 10.1. The lowest BCUT2D eigenvalue weighted by Crippen LogP contribution is -2.26. The Balaban J connectivity index is 1.53. The highest BCUT2D eigenvalue weighted by molar-refractivity contribution is 7.89. The van der Waals surface area contributed by atoms with Crippen LogP contribution in [0, 0.1) is 12.7 Å². The number of thiophene rings is 1. The van der Waals surface area contributed by atoms with Gasteiger partial charge >= 0.3 is 0 Å². The second-order valence-electron chi connectivity index (χ2n) is 7.51. The highest BCUT2D eigenvalue weighted by Crippen LogP contribution is 2.29. The first-order valence-electron chi connectivity index (χ1n) is 9.77. The van der Waals surface area contributed by atoms with Crippen LogP contribution in [0.5, 0.6) is 0 Å². The number of nitrogens with one attached hydrogen (secondary N) is 1. The first kappa shape index (κ1) is 22.1. The Kier molecular flexibility index (Phi) is 5.85. The van der Waals surface area contributed by atoms with Crippen LogP contribution in [0.15, 0.2) is 59.5 Å². The minimum Gasteiger partial charge on any atom is -0.345 e. The predicted molar refractivity (Wildman–Crippen MR) is 122 cm³/mol. The topological polar surface area (TPSA) is 107 Å². The van der Waals surface area contributed by atoms with Crippen molar-refractivity contribution < 1.29 is 17.6 Å². The number of sulfonamides is 1. The molecule has 166 valence electrons. The summed E-state index contributed by atoms with van der Waals surface area (Å²) < 4.78 is 37.8. The summed E-state index contributed by atoms with van der Waals surface area (Å²) in [6.07, 6.45) is 0. The van der Waals surface area contributed by atoms with Crippen LogP contribution in [-0.2, 0) is 16.6 Å². The number of benzene rings is 2. The van der Waals surface area contributed by atoms with Gasteiger partial charge in [-0.25, -0.2) is 17.9 Å². The fourth-order valence-corrected chi connectivity index (χ4v) is 4.97. The zero-order valence-corrected chi connectivity index (χ0v) is 19.0. The number of nitrogens with zero attached hydrogens (tertiary/aromatic N) is 2. The van der Waals surface area contributed by atoms with Crippen molar-refractivity contribution in [1.82, 2.24) is 15.1 Å². The number of aryl methyl sites for hydroxylation is 1. The van der Waals surface area contributed by atoms with Gasteiger partial charge in [0.05, 0.1) is 28.1 Å². The van der Waals surface area contributed by atoms with Crippen LogP contribution in [-0.4, -0.2) is 24.1 Å². The molecule has 0 saturated carbocycles. The number of primary sulfonamides is 1. The van der Waals surface area contributed by atoms with Gasteiger partial charge in [0, 0.05) is 5.39 Å². The maximum absolute atomic E-state index is 13.2. The van der Waals surface area contributed by atoms with Crippen molar-refractivity contribution in [3.63, 3.8) is 0 Å². The maximum Gasteiger partial charge on any atom is 0.261 e. The van der Waals surface area contributed by atoms with E-state index < -0.39 is 10.0 Å². The number of aromatic nitrogens is 2. The van der Waals surface area contributed by atoms with Crippen molar-refractivity contribution in [2.24, 2.45) is 5.14 Å². The molecule has 10 heteroatoms. The van der Waals surface area contributed by atoms with E-state index in [9.17, 15) is 17.6 Å². The van der Waals surface area contributed by atoms with E-state index >= 15 is 0 Å². The Bertz CT molecular complexity index is 1390. The van der Waals surface area contributed by atoms with Crippen LogP contribution >= 0.6 is 11.3 Å². The lowest BCUT2D eigenvalue weighted by molar-refractivity contribution is 0.0944. The van der Waals surface area contributed by atoms with E-state index in [0.29, 0.717) is 11.4 Å². The second kappa shape index (κ2) is 8.45. The average molecular weight is 473 g/mol. The third-order valence-electron chi connectivity index (χ3n) is 5.13. The summed E-state index contributed by atoms with van der Waals surface area (Å²) in [5.41, 5.74) is 2.47. The molecule has 2 aromatic carbocycles. The number of halogens is 1. The normalized spacial score (nSPS) is 12.8. The molecule has 0 spiro atoms. The monoisotopic (exact) mass is 472 g/mol. The molecule has 0 aliphatic heterocycles. The van der Waals surface area contributed by atoms with E-state index in [1.807, 2.05) is 24.6 Å². The SMILES string of the molecule is Cc1nn(Cc2ccc(F)cc2)c2sc(C(=O)NC(C)c3ccc(S(N)(=O)=O)cc3)cc12. The third kappa shape index (κ3) is 4.57. The Morgan fingerprint density at radius 1 is 1.19 bits per heavy atom. The fraction of sp³-hybridized carbons (Fsp3) is 0.182. The Morgan fingerprint density at radius 3 is 2.47 bits per heavy atom. The molecule has 2 aromatic heterocycles. The molecule has 1 atom stereocenters. The van der Waals surface area contributed by atoms with Crippen LogP contribution in [0.2, 0.25) is 0 Å². The number of hydrogen-bond donors (Lipinski definition) is 2. The van der Waals surface area contributed by atoms with Gasteiger partial charge in [-0.05, 0) is 55.3 Å². The molecule has 3 N–H and O–H groups in total. The largest absolute Gasteiger partial charge is 0.345 e. The van der Waals surface area contributed by atoms with E-state index in [1.54, 1.807) is 24.3 Å². The summed E-state index contributed by atoms with van der Waals surface area (Å²) in [5, 5.41) is 13.5. The molecule has 2 heterocycles. The van der Waals surface area contributed by atoms with E-state index in [1.165, 1.54) is 35.6 Å². The highest BCUT2D eigenvalue weighted by atomic mass is 32.2. The Labute approximate surface area is 188 Å². The number of carbonyl (C=O) groups is 1. The quantitative estimate of drug-likeness (QED) is 0.446. The van der Waals surface area contributed by atoms with Gasteiger partial charge in [0.15, 0.2) is 0 Å². The first-order valence-corrected chi connectivity index (χ1v) is 12.1. The first-order chi connectivity index (χ1) is 15.1. The molecule has 0 bridgehead atoms.